The molecular weight excluding hydrogens is 836 g/mol. The molecule has 0 aliphatic heterocycles. The third-order valence-electron chi connectivity index (χ3n) is 10.1. The fourth-order valence-corrected chi connectivity index (χ4v) is 8.41. The molecule has 0 spiro atoms. The lowest BCUT2D eigenvalue weighted by atomic mass is 9.94. The van der Waals surface area contributed by atoms with Gasteiger partial charge in [-0.3, -0.25) is 0 Å². The summed E-state index contributed by atoms with van der Waals surface area (Å²) in [7, 11) is 13.0. The molecule has 15 rings (SSSR count). The van der Waals surface area contributed by atoms with Crippen LogP contribution in [0.4, 0.5) is 0 Å². The van der Waals surface area contributed by atoms with E-state index in [1.54, 1.807) is 56.9 Å². The van der Waals surface area contributed by atoms with Crippen LogP contribution in [0, 0.1) is 0 Å². The average molecular weight is 881 g/mol. The molecule has 0 heterocycles. The van der Waals surface area contributed by atoms with Gasteiger partial charge in [-0.15, -0.1) is 0 Å². The molecular formula is C43H44Br2O10. The maximum atomic E-state index is 11.7. The summed E-state index contributed by atoms with van der Waals surface area (Å²) >= 11 is 7.20. The molecule has 10 bridgehead atoms. The largest absolute Gasteiger partial charge is 0.506 e. The zero-order chi connectivity index (χ0) is 39.6. The Bertz CT molecular complexity index is 2070. The van der Waals surface area contributed by atoms with E-state index in [0.29, 0.717) is 85.3 Å². The van der Waals surface area contributed by atoms with Gasteiger partial charge < -0.3 is 48.1 Å². The number of phenolic OH excluding ortho intramolecular Hbond substituents is 2. The molecule has 290 valence electrons. The number of hydrogen-bond acceptors (Lipinski definition) is 10. The van der Waals surface area contributed by atoms with E-state index < -0.39 is 0 Å². The first kappa shape index (κ1) is 39.7. The smallest absolute Gasteiger partial charge is 0.134 e. The summed E-state index contributed by atoms with van der Waals surface area (Å²) in [5.74, 6) is 5.04. The molecule has 10 aliphatic rings. The Kier molecular flexibility index (Phi) is 12.2. The van der Waals surface area contributed by atoms with Crippen LogP contribution in [0.25, 0.3) is 0 Å². The second-order valence-electron chi connectivity index (χ2n) is 13.1. The van der Waals surface area contributed by atoms with Crippen LogP contribution in [0.2, 0.25) is 0 Å². The van der Waals surface area contributed by atoms with Crippen molar-refractivity contribution in [2.75, 3.05) is 56.9 Å². The van der Waals surface area contributed by atoms with Crippen molar-refractivity contribution < 1.29 is 48.1 Å². The van der Waals surface area contributed by atoms with E-state index in [1.807, 2.05) is 48.5 Å². The van der Waals surface area contributed by atoms with Crippen molar-refractivity contribution in [1.29, 1.82) is 0 Å². The predicted octanol–water partition coefficient (Wildman–Crippen LogP) is 8.96. The van der Waals surface area contributed by atoms with E-state index in [1.165, 1.54) is 0 Å². The van der Waals surface area contributed by atoms with Crippen LogP contribution in [0.5, 0.6) is 57.5 Å². The van der Waals surface area contributed by atoms with Crippen molar-refractivity contribution in [3.05, 3.63) is 113 Å². The second kappa shape index (κ2) is 16.8. The van der Waals surface area contributed by atoms with E-state index in [2.05, 4.69) is 31.9 Å². The Hall–Kier alpha value is -4.94. The standard InChI is InChI=1S/C43H44Br2O10/c1-48-32-16-24-10-26-18-38(54-7)28(20-36(26)52-5)12-30-40(44)43(47)31(41(45)42(30)46)13-29-21-37(53-6)27(19-39(29)55-8)11-25-17-33(49-2)23(15-35(25)51-4)9-22(32)14-34(24)50-3/h14-21,46-47H,9-13H2,1-8H3. The number of methoxy groups -OCH3 is 8. The maximum Gasteiger partial charge on any atom is 0.134 e. The van der Waals surface area contributed by atoms with Crippen LogP contribution in [0.15, 0.2) is 57.5 Å². The van der Waals surface area contributed by atoms with Crippen LogP contribution in [0.3, 0.4) is 0 Å². The van der Waals surface area contributed by atoms with E-state index in [0.717, 1.165) is 44.5 Å². The Morgan fingerprint density at radius 3 is 0.655 bits per heavy atom. The van der Waals surface area contributed by atoms with Gasteiger partial charge in [-0.05, 0) is 80.4 Å². The molecule has 5 aromatic rings. The SMILES string of the molecule is COc1cc2c(OC)cc1Cc1cc(OC)c(cc1OC)Cc1cc(OC)c(cc1OC)Cc1c(O)c(Br)c(c(O)c1Br)Cc1cc(OC)c(cc1OC)C2. The molecule has 0 unspecified atom stereocenters. The van der Waals surface area contributed by atoms with Crippen molar-refractivity contribution in [3.8, 4) is 57.5 Å². The number of aromatic hydroxyl groups is 2. The molecule has 0 radical (unpaired) electrons. The zero-order valence-corrected chi connectivity index (χ0v) is 35.2. The average Bonchev–Trinajstić information content (AvgIpc) is 3.20. The molecule has 10 aliphatic carbocycles. The summed E-state index contributed by atoms with van der Waals surface area (Å²) in [5, 5.41) is 23.3. The quantitative estimate of drug-likeness (QED) is 0.144. The van der Waals surface area contributed by atoms with Gasteiger partial charge in [0.25, 0.3) is 0 Å². The van der Waals surface area contributed by atoms with Gasteiger partial charge in [0.05, 0.1) is 65.8 Å². The first-order chi connectivity index (χ1) is 26.5. The summed E-state index contributed by atoms with van der Waals surface area (Å²) < 4.78 is 48.1. The molecule has 0 aromatic heterocycles. The molecule has 12 heteroatoms. The normalized spacial score (nSPS) is 12.3. The Labute approximate surface area is 338 Å². The van der Waals surface area contributed by atoms with Gasteiger partial charge in [-0.1, -0.05) is 0 Å². The Morgan fingerprint density at radius 1 is 0.327 bits per heavy atom. The van der Waals surface area contributed by atoms with Gasteiger partial charge in [-0.25, -0.2) is 0 Å². The van der Waals surface area contributed by atoms with E-state index in [9.17, 15) is 10.2 Å². The van der Waals surface area contributed by atoms with Crippen LogP contribution in [0.1, 0.15) is 55.6 Å². The molecule has 0 amide bonds. The van der Waals surface area contributed by atoms with E-state index in [-0.39, 0.29) is 24.3 Å². The van der Waals surface area contributed by atoms with E-state index in [4.69, 9.17) is 37.9 Å². The molecule has 2 N–H and O–H groups in total. The lowest BCUT2D eigenvalue weighted by Gasteiger charge is -2.20. The number of rotatable bonds is 8. The molecule has 5 aromatic carbocycles. The molecule has 0 saturated carbocycles. The Morgan fingerprint density at radius 2 is 0.491 bits per heavy atom. The monoisotopic (exact) mass is 878 g/mol. The van der Waals surface area contributed by atoms with E-state index >= 15 is 0 Å². The minimum Gasteiger partial charge on any atom is -0.506 e. The first-order valence-corrected chi connectivity index (χ1v) is 19.0. The third kappa shape index (κ3) is 7.66. The van der Waals surface area contributed by atoms with Crippen molar-refractivity contribution in [3.63, 3.8) is 0 Å². The second-order valence-corrected chi connectivity index (χ2v) is 14.7. The number of benzene rings is 5. The minimum atomic E-state index is -0.0285. The number of halogens is 2. The third-order valence-corrected chi connectivity index (χ3v) is 11.8. The van der Waals surface area contributed by atoms with Crippen molar-refractivity contribution >= 4 is 31.9 Å². The summed E-state index contributed by atoms with van der Waals surface area (Å²) in [6, 6.07) is 15.6. The zero-order valence-electron chi connectivity index (χ0n) is 32.1. The lowest BCUT2D eigenvalue weighted by molar-refractivity contribution is 0.389. The van der Waals surface area contributed by atoms with Gasteiger partial charge in [0.2, 0.25) is 0 Å². The maximum absolute atomic E-state index is 11.7. The highest BCUT2D eigenvalue weighted by Gasteiger charge is 2.26. The molecule has 0 fully saturated rings. The minimum absolute atomic E-state index is 0.0285. The Balaban J connectivity index is 1.62. The van der Waals surface area contributed by atoms with Gasteiger partial charge >= 0.3 is 0 Å². The van der Waals surface area contributed by atoms with Gasteiger partial charge in [-0.2, -0.15) is 0 Å². The number of phenols is 2. The predicted molar refractivity (Wildman–Crippen MR) is 217 cm³/mol. The summed E-state index contributed by atoms with van der Waals surface area (Å²) in [4.78, 5) is 0. The van der Waals surface area contributed by atoms with Crippen molar-refractivity contribution in [1.82, 2.24) is 0 Å². The van der Waals surface area contributed by atoms with Crippen LogP contribution in [-0.2, 0) is 32.1 Å². The molecule has 10 nitrogen and oxygen atoms in total. The van der Waals surface area contributed by atoms with Crippen molar-refractivity contribution in [2.45, 2.75) is 32.1 Å². The van der Waals surface area contributed by atoms with Crippen molar-refractivity contribution in [2.24, 2.45) is 0 Å². The molecule has 0 saturated heterocycles. The fourth-order valence-electron chi connectivity index (χ4n) is 7.28. The number of ether oxygens (including phenoxy) is 8. The van der Waals surface area contributed by atoms with Crippen LogP contribution in [-0.4, -0.2) is 67.1 Å². The summed E-state index contributed by atoms with van der Waals surface area (Å²) in [6.45, 7) is 0. The van der Waals surface area contributed by atoms with Gasteiger partial charge in [0, 0.05) is 87.7 Å². The first-order valence-electron chi connectivity index (χ1n) is 17.4. The van der Waals surface area contributed by atoms with Crippen LogP contribution >= 0.6 is 31.9 Å². The fraction of sp³-hybridized carbons (Fsp3) is 0.302. The van der Waals surface area contributed by atoms with Crippen LogP contribution < -0.4 is 37.9 Å². The summed E-state index contributed by atoms with van der Waals surface area (Å²) in [6.07, 6.45) is 1.77. The highest BCUT2D eigenvalue weighted by atomic mass is 79.9. The lowest BCUT2D eigenvalue weighted by Crippen LogP contribution is -2.04. The topological polar surface area (TPSA) is 114 Å². The highest BCUT2D eigenvalue weighted by Crippen LogP contribution is 2.48. The van der Waals surface area contributed by atoms with Gasteiger partial charge in [0.15, 0.2) is 0 Å². The number of hydrogen-bond donors (Lipinski definition) is 2. The highest BCUT2D eigenvalue weighted by molar-refractivity contribution is 9.11. The van der Waals surface area contributed by atoms with Gasteiger partial charge in [0.1, 0.15) is 57.5 Å². The molecule has 55 heavy (non-hydrogen) atoms. The molecule has 0 atom stereocenters. The summed E-state index contributed by atoms with van der Waals surface area (Å²) in [5.41, 5.74) is 7.64.